The van der Waals surface area contributed by atoms with Gasteiger partial charge in [-0.05, 0) is 52.9 Å². The molecule has 0 radical (unpaired) electrons. The van der Waals surface area contributed by atoms with E-state index in [1.807, 2.05) is 6.20 Å². The maximum Gasteiger partial charge on any atom is 0.0712 e. The monoisotopic (exact) mass is 326 g/mol. The van der Waals surface area contributed by atoms with Crippen LogP contribution in [0.3, 0.4) is 0 Å². The molecular weight excluding hydrogens is 304 g/mol. The molecule has 106 valence electrons. The van der Waals surface area contributed by atoms with Gasteiger partial charge in [-0.1, -0.05) is 19.8 Å². The van der Waals surface area contributed by atoms with Crippen LogP contribution in [-0.2, 0) is 6.54 Å². The Kier molecular flexibility index (Phi) is 3.96. The summed E-state index contributed by atoms with van der Waals surface area (Å²) in [6.07, 6.45) is 8.55. The topological polar surface area (TPSA) is 55.9 Å². The number of rotatable bonds is 5. The molecule has 19 heavy (non-hydrogen) atoms. The van der Waals surface area contributed by atoms with Crippen molar-refractivity contribution < 1.29 is 0 Å². The van der Waals surface area contributed by atoms with Crippen LogP contribution in [-0.4, -0.2) is 9.78 Å². The molecule has 2 aliphatic rings. The molecule has 0 amide bonds. The molecule has 2 aliphatic carbocycles. The molecule has 2 fully saturated rings. The summed E-state index contributed by atoms with van der Waals surface area (Å²) in [5.74, 6) is 8.35. The Morgan fingerprint density at radius 3 is 2.74 bits per heavy atom. The minimum Gasteiger partial charge on any atom is -0.271 e. The number of hydrazine groups is 1. The van der Waals surface area contributed by atoms with E-state index < -0.39 is 0 Å². The number of fused-ring (bicyclic) bond motifs is 1. The SMILES string of the molecule is CCCn1ncc(Br)c1C(NN)C1C2CCCCC21. The summed E-state index contributed by atoms with van der Waals surface area (Å²) in [6, 6.07) is 0.247. The fraction of sp³-hybridized carbons (Fsp3) is 0.786. The quantitative estimate of drug-likeness (QED) is 0.646. The predicted molar refractivity (Wildman–Crippen MR) is 79.2 cm³/mol. The van der Waals surface area contributed by atoms with Gasteiger partial charge in [0.1, 0.15) is 0 Å². The Morgan fingerprint density at radius 1 is 1.47 bits per heavy atom. The highest BCUT2D eigenvalue weighted by atomic mass is 79.9. The number of aryl methyl sites for hydroxylation is 1. The van der Waals surface area contributed by atoms with Crippen LogP contribution < -0.4 is 11.3 Å². The highest BCUT2D eigenvalue weighted by molar-refractivity contribution is 9.10. The Morgan fingerprint density at radius 2 is 2.16 bits per heavy atom. The fourth-order valence-corrected chi connectivity index (χ4v) is 4.53. The van der Waals surface area contributed by atoms with Crippen LogP contribution in [0, 0.1) is 17.8 Å². The van der Waals surface area contributed by atoms with Gasteiger partial charge >= 0.3 is 0 Å². The van der Waals surface area contributed by atoms with Gasteiger partial charge in [-0.15, -0.1) is 0 Å². The zero-order valence-corrected chi connectivity index (χ0v) is 13.1. The van der Waals surface area contributed by atoms with Gasteiger partial charge in [-0.2, -0.15) is 5.10 Å². The van der Waals surface area contributed by atoms with E-state index in [0.29, 0.717) is 5.92 Å². The summed E-state index contributed by atoms with van der Waals surface area (Å²) < 4.78 is 3.20. The number of aromatic nitrogens is 2. The maximum atomic E-state index is 5.88. The van der Waals surface area contributed by atoms with Crippen molar-refractivity contribution in [1.82, 2.24) is 15.2 Å². The minimum absolute atomic E-state index is 0.247. The van der Waals surface area contributed by atoms with Crippen molar-refractivity contribution in [3.05, 3.63) is 16.4 Å². The predicted octanol–water partition coefficient (Wildman–Crippen LogP) is 3.00. The summed E-state index contributed by atoms with van der Waals surface area (Å²) in [5.41, 5.74) is 4.31. The molecule has 1 heterocycles. The second-order valence-electron chi connectivity index (χ2n) is 5.93. The van der Waals surface area contributed by atoms with Crippen molar-refractivity contribution in [1.29, 1.82) is 0 Å². The number of hydrogen-bond acceptors (Lipinski definition) is 3. The molecule has 0 spiro atoms. The lowest BCUT2D eigenvalue weighted by Gasteiger charge is -2.19. The number of nitrogens with zero attached hydrogens (tertiary/aromatic N) is 2. The van der Waals surface area contributed by atoms with Gasteiger partial charge in [0.15, 0.2) is 0 Å². The van der Waals surface area contributed by atoms with Crippen molar-refractivity contribution in [2.24, 2.45) is 23.6 Å². The van der Waals surface area contributed by atoms with Gasteiger partial charge in [0.2, 0.25) is 0 Å². The summed E-state index contributed by atoms with van der Waals surface area (Å²) in [7, 11) is 0. The van der Waals surface area contributed by atoms with Crippen LogP contribution in [0.15, 0.2) is 10.7 Å². The van der Waals surface area contributed by atoms with Crippen LogP contribution in [0.2, 0.25) is 0 Å². The molecule has 0 bridgehead atoms. The van der Waals surface area contributed by atoms with E-state index in [4.69, 9.17) is 5.84 Å². The molecule has 0 saturated heterocycles. The zero-order valence-electron chi connectivity index (χ0n) is 11.5. The molecular formula is C14H23BrN4. The van der Waals surface area contributed by atoms with E-state index in [0.717, 1.165) is 29.3 Å². The average Bonchev–Trinajstić information content (AvgIpc) is 3.04. The van der Waals surface area contributed by atoms with E-state index in [-0.39, 0.29) is 6.04 Å². The first-order chi connectivity index (χ1) is 9.27. The van der Waals surface area contributed by atoms with Crippen molar-refractivity contribution in [2.75, 3.05) is 0 Å². The Bertz CT molecular complexity index is 433. The molecule has 5 heteroatoms. The van der Waals surface area contributed by atoms with Crippen molar-refractivity contribution in [2.45, 2.75) is 51.6 Å². The van der Waals surface area contributed by atoms with Gasteiger partial charge in [0, 0.05) is 6.54 Å². The van der Waals surface area contributed by atoms with Crippen molar-refractivity contribution in [3.63, 3.8) is 0 Å². The van der Waals surface area contributed by atoms with Gasteiger partial charge in [0.05, 0.1) is 22.4 Å². The Hall–Kier alpha value is -0.390. The molecule has 3 N–H and O–H groups in total. The van der Waals surface area contributed by atoms with E-state index >= 15 is 0 Å². The Labute approximate surface area is 123 Å². The van der Waals surface area contributed by atoms with Gasteiger partial charge < -0.3 is 0 Å². The normalized spacial score (nSPS) is 31.0. The summed E-state index contributed by atoms with van der Waals surface area (Å²) in [6.45, 7) is 3.14. The molecule has 3 rings (SSSR count). The highest BCUT2D eigenvalue weighted by Gasteiger charge is 2.55. The summed E-state index contributed by atoms with van der Waals surface area (Å²) >= 11 is 3.65. The summed E-state index contributed by atoms with van der Waals surface area (Å²) in [4.78, 5) is 0. The van der Waals surface area contributed by atoms with Crippen LogP contribution in [0.25, 0.3) is 0 Å². The zero-order chi connectivity index (χ0) is 13.4. The lowest BCUT2D eigenvalue weighted by molar-refractivity contribution is 0.413. The number of hydrogen-bond donors (Lipinski definition) is 2. The lowest BCUT2D eigenvalue weighted by Crippen LogP contribution is -2.32. The molecule has 1 aromatic rings. The standard InChI is InChI=1S/C14H23BrN4/c1-2-7-19-14(11(15)8-17-19)13(18-16)12-9-5-3-4-6-10(9)12/h8-10,12-13,18H,2-7,16H2,1H3. The van der Waals surface area contributed by atoms with E-state index in [1.165, 1.54) is 31.4 Å². The minimum atomic E-state index is 0.247. The van der Waals surface area contributed by atoms with Gasteiger partial charge in [-0.3, -0.25) is 16.0 Å². The first kappa shape index (κ1) is 13.6. The average molecular weight is 327 g/mol. The maximum absolute atomic E-state index is 5.88. The van der Waals surface area contributed by atoms with E-state index in [9.17, 15) is 0 Å². The molecule has 3 unspecified atom stereocenters. The van der Waals surface area contributed by atoms with Gasteiger partial charge in [0.25, 0.3) is 0 Å². The van der Waals surface area contributed by atoms with Crippen LogP contribution in [0.4, 0.5) is 0 Å². The van der Waals surface area contributed by atoms with E-state index in [1.54, 1.807) is 0 Å². The van der Waals surface area contributed by atoms with Crippen molar-refractivity contribution in [3.8, 4) is 0 Å². The van der Waals surface area contributed by atoms with E-state index in [2.05, 4.69) is 38.1 Å². The lowest BCUT2D eigenvalue weighted by atomic mass is 10.0. The number of nitrogens with one attached hydrogen (secondary N) is 1. The van der Waals surface area contributed by atoms with Gasteiger partial charge in [-0.25, -0.2) is 0 Å². The molecule has 0 aromatic carbocycles. The molecule has 2 saturated carbocycles. The van der Waals surface area contributed by atoms with Crippen LogP contribution in [0.5, 0.6) is 0 Å². The first-order valence-electron chi connectivity index (χ1n) is 7.45. The smallest absolute Gasteiger partial charge is 0.0712 e. The third-order valence-electron chi connectivity index (χ3n) is 4.85. The summed E-state index contributed by atoms with van der Waals surface area (Å²) in [5, 5.41) is 4.48. The van der Waals surface area contributed by atoms with Crippen LogP contribution >= 0.6 is 15.9 Å². The second-order valence-corrected chi connectivity index (χ2v) is 6.79. The third-order valence-corrected chi connectivity index (χ3v) is 5.46. The first-order valence-corrected chi connectivity index (χ1v) is 8.24. The molecule has 0 aliphatic heterocycles. The molecule has 1 aromatic heterocycles. The van der Waals surface area contributed by atoms with Crippen molar-refractivity contribution >= 4 is 15.9 Å². The van der Waals surface area contributed by atoms with Crippen LogP contribution in [0.1, 0.15) is 50.8 Å². The largest absolute Gasteiger partial charge is 0.271 e. The molecule has 4 nitrogen and oxygen atoms in total. The number of halogens is 1. The second kappa shape index (κ2) is 5.54. The highest BCUT2D eigenvalue weighted by Crippen LogP contribution is 2.60. The molecule has 3 atom stereocenters. The number of nitrogens with two attached hydrogens (primary N) is 1. The fourth-order valence-electron chi connectivity index (χ4n) is 3.99. The third kappa shape index (κ3) is 2.36. The Balaban J connectivity index is 1.84.